The van der Waals surface area contributed by atoms with Gasteiger partial charge in [-0.15, -0.1) is 5.10 Å². The maximum atomic E-state index is 14.5. The van der Waals surface area contributed by atoms with Gasteiger partial charge in [0.1, 0.15) is 23.6 Å². The van der Waals surface area contributed by atoms with E-state index in [0.717, 1.165) is 30.2 Å². The lowest BCUT2D eigenvalue weighted by molar-refractivity contribution is 0.122. The number of ether oxygens (including phenoxy) is 2. The number of anilines is 3. The van der Waals surface area contributed by atoms with Crippen LogP contribution in [0.1, 0.15) is 0 Å². The third-order valence-electron chi connectivity index (χ3n) is 6.29. The number of morpholine rings is 1. The smallest absolute Gasteiger partial charge is 0.227 e. The van der Waals surface area contributed by atoms with Crippen molar-refractivity contribution < 1.29 is 13.9 Å². The molecule has 0 atom stereocenters. The van der Waals surface area contributed by atoms with Crippen LogP contribution in [0.2, 0.25) is 0 Å². The van der Waals surface area contributed by atoms with E-state index in [1.165, 1.54) is 6.07 Å². The van der Waals surface area contributed by atoms with Crippen molar-refractivity contribution in [2.75, 3.05) is 43.6 Å². The second-order valence-corrected chi connectivity index (χ2v) is 8.83. The van der Waals surface area contributed by atoms with E-state index < -0.39 is 0 Å². The summed E-state index contributed by atoms with van der Waals surface area (Å²) in [6, 6.07) is 17.9. The van der Waals surface area contributed by atoms with Crippen molar-refractivity contribution in [1.82, 2.24) is 29.7 Å². The van der Waals surface area contributed by atoms with Gasteiger partial charge in [0.25, 0.3) is 0 Å². The number of halogens is 1. The van der Waals surface area contributed by atoms with Crippen molar-refractivity contribution in [3.05, 3.63) is 85.2 Å². The number of hydrogen-bond donors (Lipinski definition) is 1. The Morgan fingerprint density at radius 2 is 1.69 bits per heavy atom. The molecule has 6 rings (SSSR count). The first-order valence-electron chi connectivity index (χ1n) is 12.4. The maximum absolute atomic E-state index is 14.5. The van der Waals surface area contributed by atoms with Gasteiger partial charge in [-0.05, 0) is 54.6 Å². The fourth-order valence-corrected chi connectivity index (χ4v) is 4.30. The van der Waals surface area contributed by atoms with Gasteiger partial charge < -0.3 is 19.7 Å². The van der Waals surface area contributed by atoms with Gasteiger partial charge in [0.15, 0.2) is 5.82 Å². The molecule has 0 unspecified atom stereocenters. The Morgan fingerprint density at radius 1 is 0.872 bits per heavy atom. The van der Waals surface area contributed by atoms with Crippen LogP contribution in [0.15, 0.2) is 79.4 Å². The highest BCUT2D eigenvalue weighted by atomic mass is 19.1. The summed E-state index contributed by atoms with van der Waals surface area (Å²) in [4.78, 5) is 19.8. The molecule has 0 radical (unpaired) electrons. The van der Waals surface area contributed by atoms with Crippen molar-refractivity contribution in [3.8, 4) is 34.2 Å². The molecule has 1 saturated heterocycles. The number of nitrogens with one attached hydrogen (secondary N) is 1. The number of aromatic nitrogens is 6. The molecular weight excluding hydrogens is 499 g/mol. The number of rotatable bonds is 7. The molecule has 3 aromatic heterocycles. The first-order chi connectivity index (χ1) is 19.1. The van der Waals surface area contributed by atoms with E-state index in [9.17, 15) is 4.39 Å². The molecule has 11 heteroatoms. The highest BCUT2D eigenvalue weighted by Crippen LogP contribution is 2.27. The summed E-state index contributed by atoms with van der Waals surface area (Å²) in [6.45, 7) is 2.71. The lowest BCUT2D eigenvalue weighted by Crippen LogP contribution is -2.36. The Hall–Kier alpha value is -4.90. The molecular formula is C28H25FN8O2. The maximum Gasteiger partial charge on any atom is 0.227 e. The third kappa shape index (κ3) is 5.53. The number of benzene rings is 2. The van der Waals surface area contributed by atoms with Crippen LogP contribution in [0.3, 0.4) is 0 Å². The normalized spacial score (nSPS) is 13.3. The van der Waals surface area contributed by atoms with E-state index in [1.54, 1.807) is 54.8 Å². The topological polar surface area (TPSA) is 103 Å². The van der Waals surface area contributed by atoms with E-state index in [-0.39, 0.29) is 5.82 Å². The minimum absolute atomic E-state index is 0.309. The van der Waals surface area contributed by atoms with Crippen LogP contribution < -0.4 is 15.0 Å². The molecule has 1 aliphatic rings. The van der Waals surface area contributed by atoms with Gasteiger partial charge in [-0.1, -0.05) is 0 Å². The van der Waals surface area contributed by atoms with Crippen LogP contribution in [-0.2, 0) is 4.74 Å². The molecule has 0 aliphatic carbocycles. The zero-order valence-electron chi connectivity index (χ0n) is 21.2. The Labute approximate surface area is 224 Å². The lowest BCUT2D eigenvalue weighted by atomic mass is 10.1. The van der Waals surface area contributed by atoms with Gasteiger partial charge in [-0.25, -0.2) is 24.0 Å². The van der Waals surface area contributed by atoms with E-state index in [0.29, 0.717) is 47.7 Å². The number of hydrogen-bond acceptors (Lipinski definition) is 9. The summed E-state index contributed by atoms with van der Waals surface area (Å²) in [5.41, 5.74) is 4.37. The van der Waals surface area contributed by atoms with E-state index in [4.69, 9.17) is 9.47 Å². The van der Waals surface area contributed by atoms with E-state index >= 15 is 0 Å². The van der Waals surface area contributed by atoms with Gasteiger partial charge >= 0.3 is 0 Å². The number of pyridine rings is 1. The summed E-state index contributed by atoms with van der Waals surface area (Å²) in [6.07, 6.45) is 4.95. The summed E-state index contributed by atoms with van der Waals surface area (Å²) < 4.78 is 26.8. The molecule has 10 nitrogen and oxygen atoms in total. The molecule has 39 heavy (non-hydrogen) atoms. The molecule has 2 aromatic carbocycles. The SMILES string of the molecule is COc1ccnc(-c2ncn(-c3ccc(Nc4nccc(-c5cc(F)cc(N6CCOCC6)c5)n4)cc3)n2)c1. The molecule has 0 spiro atoms. The van der Waals surface area contributed by atoms with Crippen LogP contribution in [0.5, 0.6) is 5.75 Å². The highest BCUT2D eigenvalue weighted by molar-refractivity contribution is 5.67. The van der Waals surface area contributed by atoms with Crippen LogP contribution in [0, 0.1) is 5.82 Å². The molecule has 1 N–H and O–H groups in total. The molecule has 0 saturated carbocycles. The summed E-state index contributed by atoms with van der Waals surface area (Å²) in [5, 5.41) is 7.75. The molecule has 1 fully saturated rings. The van der Waals surface area contributed by atoms with Crippen molar-refractivity contribution in [2.45, 2.75) is 0 Å². The fraction of sp³-hybridized carbons (Fsp3) is 0.179. The lowest BCUT2D eigenvalue weighted by Gasteiger charge is -2.29. The summed E-state index contributed by atoms with van der Waals surface area (Å²) in [7, 11) is 1.60. The molecule has 0 amide bonds. The van der Waals surface area contributed by atoms with Crippen LogP contribution in [-0.4, -0.2) is 63.1 Å². The van der Waals surface area contributed by atoms with Crippen LogP contribution >= 0.6 is 0 Å². The molecule has 1 aliphatic heterocycles. The highest BCUT2D eigenvalue weighted by Gasteiger charge is 2.15. The van der Waals surface area contributed by atoms with Gasteiger partial charge in [0.05, 0.1) is 31.7 Å². The van der Waals surface area contributed by atoms with Gasteiger partial charge in [-0.2, -0.15) is 0 Å². The molecule has 5 aromatic rings. The monoisotopic (exact) mass is 524 g/mol. The Bertz CT molecular complexity index is 1590. The van der Waals surface area contributed by atoms with Crippen LogP contribution in [0.25, 0.3) is 28.5 Å². The second-order valence-electron chi connectivity index (χ2n) is 8.83. The zero-order chi connectivity index (χ0) is 26.6. The largest absolute Gasteiger partial charge is 0.497 e. The van der Waals surface area contributed by atoms with Crippen molar-refractivity contribution in [1.29, 1.82) is 0 Å². The number of nitrogens with zero attached hydrogens (tertiary/aromatic N) is 7. The summed E-state index contributed by atoms with van der Waals surface area (Å²) in [5.74, 6) is 1.28. The Kier molecular flexibility index (Phi) is 6.79. The molecule has 0 bridgehead atoms. The Morgan fingerprint density at radius 3 is 2.51 bits per heavy atom. The predicted octanol–water partition coefficient (Wildman–Crippen LogP) is 4.51. The minimum atomic E-state index is -0.309. The molecule has 4 heterocycles. The van der Waals surface area contributed by atoms with E-state index in [2.05, 4.69) is 35.3 Å². The number of methoxy groups -OCH3 is 1. The van der Waals surface area contributed by atoms with E-state index in [1.807, 2.05) is 30.3 Å². The van der Waals surface area contributed by atoms with Crippen molar-refractivity contribution >= 4 is 17.3 Å². The van der Waals surface area contributed by atoms with Gasteiger partial charge in [-0.3, -0.25) is 4.98 Å². The van der Waals surface area contributed by atoms with Gasteiger partial charge in [0, 0.05) is 48.5 Å². The quantitative estimate of drug-likeness (QED) is 0.329. The molecule has 196 valence electrons. The first kappa shape index (κ1) is 24.4. The standard InChI is InChI=1S/C28H25FN8O2/c1-38-24-6-8-30-26(17-24)27-32-18-37(35-27)22-4-2-21(3-5-22)33-28-31-9-7-25(34-28)19-14-20(29)16-23(15-19)36-10-12-39-13-11-36/h2-9,14-18H,10-13H2,1H3,(H,31,33,34). The predicted molar refractivity (Wildman–Crippen MR) is 145 cm³/mol. The Balaban J connectivity index is 1.18. The average Bonchev–Trinajstić information content (AvgIpc) is 3.48. The van der Waals surface area contributed by atoms with Crippen molar-refractivity contribution in [2.24, 2.45) is 0 Å². The average molecular weight is 525 g/mol. The zero-order valence-corrected chi connectivity index (χ0v) is 21.2. The van der Waals surface area contributed by atoms with Gasteiger partial charge in [0.2, 0.25) is 5.95 Å². The minimum Gasteiger partial charge on any atom is -0.497 e. The third-order valence-corrected chi connectivity index (χ3v) is 6.29. The summed E-state index contributed by atoms with van der Waals surface area (Å²) >= 11 is 0. The van der Waals surface area contributed by atoms with Crippen LogP contribution in [0.4, 0.5) is 21.7 Å². The second kappa shape index (κ2) is 10.8. The first-order valence-corrected chi connectivity index (χ1v) is 12.4. The van der Waals surface area contributed by atoms with Crippen molar-refractivity contribution in [3.63, 3.8) is 0 Å². The fourth-order valence-electron chi connectivity index (χ4n) is 4.30.